The number of guanidine groups is 1. The van der Waals surface area contributed by atoms with Gasteiger partial charge in [-0.3, -0.25) is 9.89 Å². The van der Waals surface area contributed by atoms with Crippen molar-refractivity contribution in [1.29, 1.82) is 0 Å². The van der Waals surface area contributed by atoms with Crippen LogP contribution in [0.1, 0.15) is 36.8 Å². The Morgan fingerprint density at radius 3 is 2.60 bits per heavy atom. The molecule has 7 heteroatoms. The van der Waals surface area contributed by atoms with Crippen molar-refractivity contribution in [1.82, 2.24) is 15.5 Å². The van der Waals surface area contributed by atoms with Crippen LogP contribution in [-0.2, 0) is 16.0 Å². The first-order chi connectivity index (χ1) is 14.2. The molecule has 6 nitrogen and oxygen atoms in total. The van der Waals surface area contributed by atoms with E-state index in [9.17, 15) is 0 Å². The molecular weight excluding hydrogens is 491 g/mol. The van der Waals surface area contributed by atoms with E-state index in [2.05, 4.69) is 51.7 Å². The number of hydrogen-bond acceptors (Lipinski definition) is 4. The zero-order chi connectivity index (χ0) is 20.3. The number of ether oxygens (including phenoxy) is 2. The maximum absolute atomic E-state index is 5.80. The number of hydrogen-bond donors (Lipinski definition) is 2. The van der Waals surface area contributed by atoms with Crippen molar-refractivity contribution in [2.24, 2.45) is 10.9 Å². The molecule has 170 valence electrons. The molecule has 0 saturated carbocycles. The SMILES string of the molecule is CN=C(NCCCOC1CCOC1)NCC1CCN(Cc2ccc(C)cc2)CC1.I. The third-order valence-corrected chi connectivity index (χ3v) is 5.87. The fourth-order valence-corrected chi connectivity index (χ4v) is 3.94. The van der Waals surface area contributed by atoms with Crippen LogP contribution < -0.4 is 10.6 Å². The van der Waals surface area contributed by atoms with E-state index in [4.69, 9.17) is 9.47 Å². The first kappa shape index (κ1) is 25.4. The molecule has 1 unspecified atom stereocenters. The number of aliphatic imine (C=N–C) groups is 1. The van der Waals surface area contributed by atoms with Gasteiger partial charge in [0.2, 0.25) is 0 Å². The summed E-state index contributed by atoms with van der Waals surface area (Å²) in [7, 11) is 1.84. The average molecular weight is 530 g/mol. The molecule has 3 rings (SSSR count). The molecule has 2 saturated heterocycles. The van der Waals surface area contributed by atoms with Crippen LogP contribution in [0, 0.1) is 12.8 Å². The minimum atomic E-state index is 0. The van der Waals surface area contributed by atoms with Crippen LogP contribution in [0.5, 0.6) is 0 Å². The lowest BCUT2D eigenvalue weighted by Gasteiger charge is -2.32. The van der Waals surface area contributed by atoms with E-state index in [1.165, 1.54) is 37.1 Å². The summed E-state index contributed by atoms with van der Waals surface area (Å²) in [5.41, 5.74) is 2.75. The molecule has 2 fully saturated rings. The van der Waals surface area contributed by atoms with Gasteiger partial charge in [0.1, 0.15) is 0 Å². The van der Waals surface area contributed by atoms with Gasteiger partial charge in [-0.15, -0.1) is 24.0 Å². The van der Waals surface area contributed by atoms with Gasteiger partial charge in [0, 0.05) is 39.9 Å². The Balaban J connectivity index is 0.00000320. The van der Waals surface area contributed by atoms with Gasteiger partial charge >= 0.3 is 0 Å². The van der Waals surface area contributed by atoms with Crippen molar-refractivity contribution < 1.29 is 9.47 Å². The summed E-state index contributed by atoms with van der Waals surface area (Å²) in [6.45, 7) is 9.80. The molecule has 1 aromatic rings. The number of piperidine rings is 1. The predicted octanol–water partition coefficient (Wildman–Crippen LogP) is 3.19. The number of nitrogens with zero attached hydrogens (tertiary/aromatic N) is 2. The maximum atomic E-state index is 5.80. The van der Waals surface area contributed by atoms with E-state index in [1.807, 2.05) is 7.05 Å². The molecule has 0 amide bonds. The summed E-state index contributed by atoms with van der Waals surface area (Å²) in [6.07, 6.45) is 4.79. The molecule has 2 heterocycles. The molecule has 1 atom stereocenters. The van der Waals surface area contributed by atoms with E-state index in [1.54, 1.807) is 0 Å². The second-order valence-corrected chi connectivity index (χ2v) is 8.29. The van der Waals surface area contributed by atoms with E-state index < -0.39 is 0 Å². The van der Waals surface area contributed by atoms with Crippen molar-refractivity contribution in [3.8, 4) is 0 Å². The van der Waals surface area contributed by atoms with Gasteiger partial charge in [-0.2, -0.15) is 0 Å². The van der Waals surface area contributed by atoms with Crippen LogP contribution in [0.4, 0.5) is 0 Å². The lowest BCUT2D eigenvalue weighted by atomic mass is 9.96. The van der Waals surface area contributed by atoms with Crippen LogP contribution in [0.25, 0.3) is 0 Å². The number of nitrogens with one attached hydrogen (secondary N) is 2. The standard InChI is InChI=1S/C23H38N4O2.HI/c1-19-4-6-21(7-5-19)17-27-12-8-20(9-13-27)16-26-23(24-2)25-11-3-14-29-22-10-15-28-18-22;/h4-7,20,22H,3,8-18H2,1-2H3,(H2,24,25,26);1H. The topological polar surface area (TPSA) is 58.1 Å². The second kappa shape index (κ2) is 14.2. The third-order valence-electron chi connectivity index (χ3n) is 5.87. The Kier molecular flexibility index (Phi) is 12.0. The van der Waals surface area contributed by atoms with Crippen molar-refractivity contribution >= 4 is 29.9 Å². The molecular formula is C23H39IN4O2. The summed E-state index contributed by atoms with van der Waals surface area (Å²) in [6, 6.07) is 8.93. The highest BCUT2D eigenvalue weighted by Gasteiger charge is 2.19. The van der Waals surface area contributed by atoms with Gasteiger partial charge in [-0.1, -0.05) is 29.8 Å². The van der Waals surface area contributed by atoms with Gasteiger partial charge < -0.3 is 20.1 Å². The van der Waals surface area contributed by atoms with Crippen molar-refractivity contribution in [3.63, 3.8) is 0 Å². The Bertz CT molecular complexity index is 612. The highest BCUT2D eigenvalue weighted by molar-refractivity contribution is 14.0. The molecule has 0 spiro atoms. The van der Waals surface area contributed by atoms with E-state index in [0.29, 0.717) is 12.0 Å². The normalized spacial score (nSPS) is 20.7. The molecule has 0 radical (unpaired) electrons. The molecule has 0 bridgehead atoms. The minimum Gasteiger partial charge on any atom is -0.379 e. The van der Waals surface area contributed by atoms with Gasteiger partial charge in [0.05, 0.1) is 12.7 Å². The summed E-state index contributed by atoms with van der Waals surface area (Å²) < 4.78 is 11.1. The Morgan fingerprint density at radius 1 is 1.17 bits per heavy atom. The molecule has 2 aliphatic rings. The lowest BCUT2D eigenvalue weighted by molar-refractivity contribution is 0.0420. The predicted molar refractivity (Wildman–Crippen MR) is 134 cm³/mol. The van der Waals surface area contributed by atoms with Gasteiger partial charge in [-0.05, 0) is 57.2 Å². The molecule has 0 aliphatic carbocycles. The molecule has 30 heavy (non-hydrogen) atoms. The summed E-state index contributed by atoms with van der Waals surface area (Å²) >= 11 is 0. The highest BCUT2D eigenvalue weighted by atomic mass is 127. The van der Waals surface area contributed by atoms with Crippen molar-refractivity contribution in [3.05, 3.63) is 35.4 Å². The smallest absolute Gasteiger partial charge is 0.190 e. The monoisotopic (exact) mass is 530 g/mol. The van der Waals surface area contributed by atoms with Crippen molar-refractivity contribution in [2.75, 3.05) is 53.0 Å². The zero-order valence-corrected chi connectivity index (χ0v) is 20.9. The fraction of sp³-hybridized carbons (Fsp3) is 0.696. The third kappa shape index (κ3) is 9.08. The zero-order valence-electron chi connectivity index (χ0n) is 18.6. The van der Waals surface area contributed by atoms with Crippen LogP contribution in [0.3, 0.4) is 0 Å². The first-order valence-corrected chi connectivity index (χ1v) is 11.1. The minimum absolute atomic E-state index is 0. The van der Waals surface area contributed by atoms with Crippen LogP contribution >= 0.6 is 24.0 Å². The van der Waals surface area contributed by atoms with E-state index in [0.717, 1.165) is 58.3 Å². The number of aryl methyl sites for hydroxylation is 1. The van der Waals surface area contributed by atoms with Crippen molar-refractivity contribution in [2.45, 2.75) is 45.3 Å². The van der Waals surface area contributed by atoms with Gasteiger partial charge in [0.15, 0.2) is 5.96 Å². The summed E-state index contributed by atoms with van der Waals surface area (Å²) in [5, 5.41) is 6.90. The van der Waals surface area contributed by atoms with E-state index >= 15 is 0 Å². The fourth-order valence-electron chi connectivity index (χ4n) is 3.94. The summed E-state index contributed by atoms with van der Waals surface area (Å²) in [5.74, 6) is 1.62. The molecule has 1 aromatic carbocycles. The summed E-state index contributed by atoms with van der Waals surface area (Å²) in [4.78, 5) is 6.92. The van der Waals surface area contributed by atoms with Gasteiger partial charge in [-0.25, -0.2) is 0 Å². The largest absolute Gasteiger partial charge is 0.379 e. The second-order valence-electron chi connectivity index (χ2n) is 8.29. The number of benzene rings is 1. The van der Waals surface area contributed by atoms with Crippen LogP contribution in [0.2, 0.25) is 0 Å². The average Bonchev–Trinajstić information content (AvgIpc) is 3.26. The highest BCUT2D eigenvalue weighted by Crippen LogP contribution is 2.18. The molecule has 0 aromatic heterocycles. The quantitative estimate of drug-likeness (QED) is 0.222. The Hall–Kier alpha value is -0.900. The number of halogens is 1. The molecule has 2 N–H and O–H groups in total. The lowest BCUT2D eigenvalue weighted by Crippen LogP contribution is -2.43. The number of rotatable bonds is 9. The Labute approximate surface area is 199 Å². The van der Waals surface area contributed by atoms with Gasteiger partial charge in [0.25, 0.3) is 0 Å². The van der Waals surface area contributed by atoms with Crippen LogP contribution in [-0.4, -0.2) is 70.0 Å². The maximum Gasteiger partial charge on any atom is 0.190 e. The van der Waals surface area contributed by atoms with E-state index in [-0.39, 0.29) is 24.0 Å². The van der Waals surface area contributed by atoms with Crippen LogP contribution in [0.15, 0.2) is 29.3 Å². The Morgan fingerprint density at radius 2 is 1.93 bits per heavy atom. The first-order valence-electron chi connectivity index (χ1n) is 11.1. The molecule has 2 aliphatic heterocycles. The number of likely N-dealkylation sites (tertiary alicyclic amines) is 1.